The molecule has 0 saturated carbocycles. The summed E-state index contributed by atoms with van der Waals surface area (Å²) in [7, 11) is 0. The van der Waals surface area contributed by atoms with E-state index in [1.54, 1.807) is 22.3 Å². The maximum absolute atomic E-state index is 2.65. The second-order valence-electron chi connectivity index (χ2n) is 11.6. The van der Waals surface area contributed by atoms with Gasteiger partial charge in [0.15, 0.2) is 0 Å². The molecule has 2 aliphatic carbocycles. The van der Waals surface area contributed by atoms with Crippen molar-refractivity contribution in [2.75, 3.05) is 0 Å². The van der Waals surface area contributed by atoms with E-state index in [0.29, 0.717) is 7.25 Å². The second-order valence-corrected chi connectivity index (χ2v) is 31.7. The normalized spacial score (nSPS) is 17.8. The van der Waals surface area contributed by atoms with Gasteiger partial charge in [-0.25, -0.2) is 0 Å². The molecule has 2 heteroatoms. The van der Waals surface area contributed by atoms with Gasteiger partial charge in [-0.1, -0.05) is 0 Å². The molecule has 4 aromatic carbocycles. The molecule has 0 amide bonds. The fourth-order valence-electron chi connectivity index (χ4n) is 6.79. The Kier molecular flexibility index (Phi) is 6.91. The van der Waals surface area contributed by atoms with E-state index in [0.717, 1.165) is 0 Å². The Morgan fingerprint density at radius 3 is 1.29 bits per heavy atom. The summed E-state index contributed by atoms with van der Waals surface area (Å²) in [4.78, 5) is 0. The number of rotatable bonds is 5. The quantitative estimate of drug-likeness (QED) is 0.204. The summed E-state index contributed by atoms with van der Waals surface area (Å²) in [5.41, 5.74) is 17.6. The van der Waals surface area contributed by atoms with Crippen LogP contribution in [-0.2, 0) is 20.9 Å². The summed E-state index contributed by atoms with van der Waals surface area (Å²) >= 11 is -2.03. The fourth-order valence-corrected chi connectivity index (χ4v) is 30.0. The van der Waals surface area contributed by atoms with Crippen LogP contribution < -0.4 is 0 Å². The van der Waals surface area contributed by atoms with E-state index in [1.165, 1.54) is 44.5 Å². The van der Waals surface area contributed by atoms with Gasteiger partial charge in [-0.05, 0) is 0 Å². The van der Waals surface area contributed by atoms with Gasteiger partial charge >= 0.3 is 239 Å². The zero-order valence-corrected chi connectivity index (χ0v) is 27.1. The molecule has 2 unspecified atom stereocenters. The fraction of sp³-hybridized carbons (Fsp3) is 0.222. The van der Waals surface area contributed by atoms with Gasteiger partial charge in [-0.3, -0.25) is 0 Å². The first kappa shape index (κ1) is 25.7. The summed E-state index contributed by atoms with van der Waals surface area (Å²) in [6.07, 6.45) is 5.09. The molecule has 0 heterocycles. The van der Waals surface area contributed by atoms with Crippen LogP contribution in [0.15, 0.2) is 96.1 Å². The number of hydrogen-bond donors (Lipinski definition) is 0. The van der Waals surface area contributed by atoms with Crippen LogP contribution in [0.2, 0.25) is 13.1 Å². The van der Waals surface area contributed by atoms with E-state index in [4.69, 9.17) is 0 Å². The van der Waals surface area contributed by atoms with Crippen molar-refractivity contribution in [2.24, 2.45) is 0 Å². The molecule has 2 atom stereocenters. The van der Waals surface area contributed by atoms with Gasteiger partial charge in [-0.15, -0.1) is 0 Å². The van der Waals surface area contributed by atoms with Gasteiger partial charge in [0.25, 0.3) is 0 Å². The molecule has 0 fully saturated rings. The predicted octanol–water partition coefficient (Wildman–Crippen LogP) is 9.86. The van der Waals surface area contributed by atoms with Crippen LogP contribution in [0.3, 0.4) is 0 Å². The van der Waals surface area contributed by atoms with Crippen molar-refractivity contribution in [3.8, 4) is 22.3 Å². The van der Waals surface area contributed by atoms with Crippen LogP contribution in [0.25, 0.3) is 34.4 Å². The topological polar surface area (TPSA) is 0 Å². The average molecular weight is 589 g/mol. The second kappa shape index (κ2) is 10.2. The van der Waals surface area contributed by atoms with E-state index < -0.39 is 26.8 Å². The zero-order chi connectivity index (χ0) is 26.6. The van der Waals surface area contributed by atoms with Gasteiger partial charge in [0.1, 0.15) is 0 Å². The molecular formula is C36H37SiZr. The van der Waals surface area contributed by atoms with Crippen LogP contribution in [0, 0.1) is 13.8 Å². The van der Waals surface area contributed by atoms with Crippen molar-refractivity contribution in [3.05, 3.63) is 129 Å². The van der Waals surface area contributed by atoms with Gasteiger partial charge in [0.05, 0.1) is 0 Å². The van der Waals surface area contributed by atoms with Crippen molar-refractivity contribution in [1.29, 1.82) is 0 Å². The molecule has 0 N–H and O–H groups in total. The van der Waals surface area contributed by atoms with Crippen LogP contribution >= 0.6 is 0 Å². The molecule has 0 aromatic heterocycles. The van der Waals surface area contributed by atoms with Gasteiger partial charge in [0.2, 0.25) is 0 Å². The van der Waals surface area contributed by atoms with Crippen molar-refractivity contribution in [3.63, 3.8) is 0 Å². The van der Waals surface area contributed by atoms with E-state index >= 15 is 0 Å². The predicted molar refractivity (Wildman–Crippen MR) is 165 cm³/mol. The molecule has 0 saturated heterocycles. The third-order valence-corrected chi connectivity index (χ3v) is 30.8. The van der Waals surface area contributed by atoms with Crippen LogP contribution in [0.1, 0.15) is 54.5 Å². The SMILES string of the molecule is CC1=Cc2c(-c3ccc(C)cc3)cccc2[CH]1[Zr]([CH]1C(C)=Cc2c(-c3ccc(C)cc3)cccc21)[SiH](C)C. The summed E-state index contributed by atoms with van der Waals surface area (Å²) in [6.45, 7) is 14.5. The molecule has 0 bridgehead atoms. The van der Waals surface area contributed by atoms with Crippen molar-refractivity contribution in [2.45, 2.75) is 48.0 Å². The molecule has 0 nitrogen and oxygen atoms in total. The van der Waals surface area contributed by atoms with Crippen molar-refractivity contribution >= 4 is 18.1 Å². The molecule has 189 valence electrons. The van der Waals surface area contributed by atoms with Crippen LogP contribution in [0.4, 0.5) is 0 Å². The molecule has 0 aliphatic heterocycles. The van der Waals surface area contributed by atoms with Crippen molar-refractivity contribution in [1.82, 2.24) is 0 Å². The third-order valence-electron chi connectivity index (χ3n) is 8.61. The van der Waals surface area contributed by atoms with Crippen LogP contribution in [-0.4, -0.2) is 5.92 Å². The summed E-state index contributed by atoms with van der Waals surface area (Å²) in [6, 6.07) is 32.4. The first-order chi connectivity index (χ1) is 18.3. The Morgan fingerprint density at radius 1 is 0.526 bits per heavy atom. The van der Waals surface area contributed by atoms with E-state index in [-0.39, 0.29) is 0 Å². The average Bonchev–Trinajstić information content (AvgIpc) is 3.41. The number of aryl methyl sites for hydroxylation is 2. The molecule has 0 spiro atoms. The minimum atomic E-state index is -2.03. The zero-order valence-electron chi connectivity index (χ0n) is 23.5. The summed E-state index contributed by atoms with van der Waals surface area (Å²) in [5, 5.41) is 0. The third kappa shape index (κ3) is 4.41. The van der Waals surface area contributed by atoms with Gasteiger partial charge < -0.3 is 0 Å². The number of fused-ring (bicyclic) bond motifs is 2. The first-order valence-electron chi connectivity index (χ1n) is 14.0. The molecule has 38 heavy (non-hydrogen) atoms. The number of benzene rings is 4. The van der Waals surface area contributed by atoms with E-state index in [9.17, 15) is 0 Å². The molecule has 2 aliphatic rings. The summed E-state index contributed by atoms with van der Waals surface area (Å²) in [5.74, 6) is -0.864. The van der Waals surface area contributed by atoms with Crippen LogP contribution in [0.5, 0.6) is 0 Å². The molecular weight excluding hydrogens is 552 g/mol. The number of allylic oxidation sites excluding steroid dienone is 2. The molecule has 0 radical (unpaired) electrons. The monoisotopic (exact) mass is 587 g/mol. The Labute approximate surface area is 237 Å². The first-order valence-corrected chi connectivity index (χ1v) is 23.9. The Balaban J connectivity index is 1.45. The van der Waals surface area contributed by atoms with Gasteiger partial charge in [-0.2, -0.15) is 0 Å². The minimum absolute atomic E-state index is 0.673. The van der Waals surface area contributed by atoms with E-state index in [1.807, 2.05) is 0 Å². The molecule has 6 rings (SSSR count). The Hall–Kier alpha value is -2.54. The Bertz CT molecular complexity index is 1450. The van der Waals surface area contributed by atoms with Crippen molar-refractivity contribution < 1.29 is 20.9 Å². The Morgan fingerprint density at radius 2 is 0.921 bits per heavy atom. The number of hydrogen-bond acceptors (Lipinski definition) is 0. The van der Waals surface area contributed by atoms with Gasteiger partial charge in [0, 0.05) is 0 Å². The standard InChI is InChI=1S/2C17H15.C2H7Si.Zr/c2*1-12-6-8-14(9-7-12)16-5-3-4-15-10-13(2)11-17(15)16;1-3-2;/h2*3-11H,1-2H3;3H,1-2H3;. The van der Waals surface area contributed by atoms with E-state index in [2.05, 4.69) is 138 Å². The summed E-state index contributed by atoms with van der Waals surface area (Å²) < 4.78 is 1.35. The maximum atomic E-state index is 2.65. The molecule has 4 aromatic rings.